The van der Waals surface area contributed by atoms with Crippen LogP contribution in [0.15, 0.2) is 0 Å². The Morgan fingerprint density at radius 2 is 2.45 bits per heavy atom. The van der Waals surface area contributed by atoms with Crippen LogP contribution >= 0.6 is 0 Å². The van der Waals surface area contributed by atoms with Gasteiger partial charge in [0.05, 0.1) is 19.9 Å². The highest BCUT2D eigenvalue weighted by atomic mass is 16.5. The largest absolute Gasteiger partial charge is 0.378 e. The third-order valence-electron chi connectivity index (χ3n) is 2.12. The lowest BCUT2D eigenvalue weighted by atomic mass is 10.2. The lowest BCUT2D eigenvalue weighted by Gasteiger charge is -2.34. The van der Waals surface area contributed by atoms with E-state index in [1.807, 2.05) is 0 Å². The zero-order valence-corrected chi connectivity index (χ0v) is 7.38. The fourth-order valence-electron chi connectivity index (χ4n) is 1.40. The van der Waals surface area contributed by atoms with Gasteiger partial charge in [0.2, 0.25) is 0 Å². The second-order valence-corrected chi connectivity index (χ2v) is 2.87. The summed E-state index contributed by atoms with van der Waals surface area (Å²) in [6.07, 6.45) is 1.14. The highest BCUT2D eigenvalue weighted by Crippen LogP contribution is 2.08. The molecule has 0 aliphatic carbocycles. The summed E-state index contributed by atoms with van der Waals surface area (Å²) in [6, 6.07) is 0.559. The summed E-state index contributed by atoms with van der Waals surface area (Å²) in [5.41, 5.74) is 0. The maximum atomic E-state index is 5.35. The quantitative estimate of drug-likeness (QED) is 0.605. The second-order valence-electron chi connectivity index (χ2n) is 2.87. The molecule has 0 aromatic carbocycles. The summed E-state index contributed by atoms with van der Waals surface area (Å²) in [7, 11) is 1.74. The summed E-state index contributed by atoms with van der Waals surface area (Å²) < 4.78 is 10.4. The molecule has 3 nitrogen and oxygen atoms in total. The van der Waals surface area contributed by atoms with Crippen molar-refractivity contribution in [3.05, 3.63) is 0 Å². The smallest absolute Gasteiger partial charge is 0.0990 e. The van der Waals surface area contributed by atoms with E-state index >= 15 is 0 Å². The van der Waals surface area contributed by atoms with Gasteiger partial charge in [0, 0.05) is 19.7 Å². The highest BCUT2D eigenvalue weighted by molar-refractivity contribution is 4.71. The van der Waals surface area contributed by atoms with Crippen LogP contribution in [0.1, 0.15) is 13.3 Å². The Labute approximate surface area is 68.3 Å². The highest BCUT2D eigenvalue weighted by Gasteiger charge is 2.20. The molecule has 0 aromatic heterocycles. The third-order valence-corrected chi connectivity index (χ3v) is 2.12. The molecule has 1 unspecified atom stereocenters. The number of rotatable bonds is 3. The summed E-state index contributed by atoms with van der Waals surface area (Å²) in [6.45, 7) is 5.63. The van der Waals surface area contributed by atoms with Gasteiger partial charge >= 0.3 is 0 Å². The van der Waals surface area contributed by atoms with Crippen molar-refractivity contribution in [2.24, 2.45) is 0 Å². The Kier molecular flexibility index (Phi) is 3.83. The van der Waals surface area contributed by atoms with Crippen molar-refractivity contribution in [2.75, 3.05) is 33.6 Å². The van der Waals surface area contributed by atoms with E-state index in [-0.39, 0.29) is 0 Å². The predicted molar refractivity (Wildman–Crippen MR) is 43.5 cm³/mol. The standard InChI is InChI=1S/C8H17NO2/c1-3-8-6-11-5-4-9(8)7-10-2/h8H,3-7H2,1-2H3. The molecule has 0 amide bonds. The molecule has 0 bridgehead atoms. The number of morpholine rings is 1. The molecule has 1 atom stereocenters. The van der Waals surface area contributed by atoms with Crippen LogP contribution in [0.4, 0.5) is 0 Å². The first-order chi connectivity index (χ1) is 5.38. The minimum Gasteiger partial charge on any atom is -0.378 e. The van der Waals surface area contributed by atoms with Crippen molar-refractivity contribution in [3.8, 4) is 0 Å². The first-order valence-corrected chi connectivity index (χ1v) is 4.19. The number of ether oxygens (including phenoxy) is 2. The van der Waals surface area contributed by atoms with Gasteiger partial charge < -0.3 is 9.47 Å². The molecule has 0 saturated carbocycles. The number of nitrogens with zero attached hydrogens (tertiary/aromatic N) is 1. The molecular formula is C8H17NO2. The van der Waals surface area contributed by atoms with E-state index in [9.17, 15) is 0 Å². The second kappa shape index (κ2) is 4.70. The summed E-state index contributed by atoms with van der Waals surface area (Å²) in [5, 5.41) is 0. The molecule has 1 saturated heterocycles. The van der Waals surface area contributed by atoms with E-state index in [4.69, 9.17) is 9.47 Å². The van der Waals surface area contributed by atoms with Crippen molar-refractivity contribution < 1.29 is 9.47 Å². The number of methoxy groups -OCH3 is 1. The molecule has 0 aromatic rings. The summed E-state index contributed by atoms with van der Waals surface area (Å²) in [4.78, 5) is 2.32. The summed E-state index contributed by atoms with van der Waals surface area (Å²) in [5.74, 6) is 0. The Morgan fingerprint density at radius 3 is 3.09 bits per heavy atom. The average molecular weight is 159 g/mol. The van der Waals surface area contributed by atoms with Crippen LogP contribution in [0.25, 0.3) is 0 Å². The average Bonchev–Trinajstić information content (AvgIpc) is 2.06. The van der Waals surface area contributed by atoms with Gasteiger partial charge in [-0.3, -0.25) is 4.90 Å². The van der Waals surface area contributed by atoms with E-state index < -0.39 is 0 Å². The van der Waals surface area contributed by atoms with Gasteiger partial charge in [-0.25, -0.2) is 0 Å². The van der Waals surface area contributed by atoms with E-state index in [1.165, 1.54) is 0 Å². The molecular weight excluding hydrogens is 142 g/mol. The van der Waals surface area contributed by atoms with Crippen LogP contribution in [0, 0.1) is 0 Å². The number of hydrogen-bond acceptors (Lipinski definition) is 3. The van der Waals surface area contributed by atoms with E-state index in [2.05, 4.69) is 11.8 Å². The predicted octanol–water partition coefficient (Wildman–Crippen LogP) is 0.701. The van der Waals surface area contributed by atoms with Crippen LogP contribution < -0.4 is 0 Å². The molecule has 0 radical (unpaired) electrons. The van der Waals surface area contributed by atoms with Crippen molar-refractivity contribution in [3.63, 3.8) is 0 Å². The molecule has 3 heteroatoms. The van der Waals surface area contributed by atoms with Gasteiger partial charge in [0.1, 0.15) is 0 Å². The third kappa shape index (κ3) is 2.43. The lowest BCUT2D eigenvalue weighted by Crippen LogP contribution is -2.45. The van der Waals surface area contributed by atoms with Crippen molar-refractivity contribution >= 4 is 0 Å². The topological polar surface area (TPSA) is 21.7 Å². The lowest BCUT2D eigenvalue weighted by molar-refractivity contribution is -0.0572. The minimum absolute atomic E-state index is 0.559. The molecule has 1 fully saturated rings. The molecule has 66 valence electrons. The first-order valence-electron chi connectivity index (χ1n) is 4.19. The molecule has 11 heavy (non-hydrogen) atoms. The fourth-order valence-corrected chi connectivity index (χ4v) is 1.40. The van der Waals surface area contributed by atoms with Gasteiger partial charge in [-0.15, -0.1) is 0 Å². The van der Waals surface area contributed by atoms with Gasteiger partial charge in [0.15, 0.2) is 0 Å². The number of hydrogen-bond donors (Lipinski definition) is 0. The minimum atomic E-state index is 0.559. The van der Waals surface area contributed by atoms with E-state index in [1.54, 1.807) is 7.11 Å². The fraction of sp³-hybridized carbons (Fsp3) is 1.00. The Balaban J connectivity index is 2.31. The zero-order chi connectivity index (χ0) is 8.10. The molecule has 0 spiro atoms. The molecule has 1 aliphatic rings. The van der Waals surface area contributed by atoms with E-state index in [0.29, 0.717) is 6.04 Å². The van der Waals surface area contributed by atoms with Crippen LogP contribution in [-0.4, -0.2) is 44.5 Å². The first kappa shape index (κ1) is 8.97. The van der Waals surface area contributed by atoms with Crippen molar-refractivity contribution in [2.45, 2.75) is 19.4 Å². The monoisotopic (exact) mass is 159 g/mol. The van der Waals surface area contributed by atoms with Gasteiger partial charge in [-0.05, 0) is 6.42 Å². The SMILES string of the molecule is CCC1COCCN1COC. The van der Waals surface area contributed by atoms with Gasteiger partial charge in [-0.1, -0.05) is 6.92 Å². The Morgan fingerprint density at radius 1 is 1.64 bits per heavy atom. The van der Waals surface area contributed by atoms with E-state index in [0.717, 1.165) is 32.9 Å². The zero-order valence-electron chi connectivity index (χ0n) is 7.38. The van der Waals surface area contributed by atoms with Crippen LogP contribution in [0.2, 0.25) is 0 Å². The maximum absolute atomic E-state index is 5.35. The van der Waals surface area contributed by atoms with Gasteiger partial charge in [-0.2, -0.15) is 0 Å². The molecule has 1 heterocycles. The molecule has 0 N–H and O–H groups in total. The van der Waals surface area contributed by atoms with Crippen LogP contribution in [0.3, 0.4) is 0 Å². The molecule has 1 aliphatic heterocycles. The summed E-state index contributed by atoms with van der Waals surface area (Å²) >= 11 is 0. The Hall–Kier alpha value is -0.120. The van der Waals surface area contributed by atoms with Gasteiger partial charge in [0.25, 0.3) is 0 Å². The Bertz CT molecular complexity index is 106. The maximum Gasteiger partial charge on any atom is 0.0990 e. The van der Waals surface area contributed by atoms with Crippen LogP contribution in [-0.2, 0) is 9.47 Å². The normalized spacial score (nSPS) is 27.3. The van der Waals surface area contributed by atoms with Crippen molar-refractivity contribution in [1.82, 2.24) is 4.90 Å². The van der Waals surface area contributed by atoms with Crippen LogP contribution in [0.5, 0.6) is 0 Å². The molecule has 1 rings (SSSR count). The van der Waals surface area contributed by atoms with Crippen molar-refractivity contribution in [1.29, 1.82) is 0 Å².